The van der Waals surface area contributed by atoms with Crippen LogP contribution >= 0.6 is 0 Å². The summed E-state index contributed by atoms with van der Waals surface area (Å²) in [6.45, 7) is 24.3. The number of hydrogen-bond acceptors (Lipinski definition) is 1. The van der Waals surface area contributed by atoms with Gasteiger partial charge in [-0.15, -0.1) is 0 Å². The lowest BCUT2D eigenvalue weighted by molar-refractivity contribution is -0.757. The molecule has 1 fully saturated rings. The maximum atomic E-state index is 6.68. The standard InChI is InChI=1S/C42H48NO/c1-22(2)26-15-19-31-27(21-26)16-20-32-35-30(42(43(31)32)36(24(5)6)34(23(3)4)37(42)25(7)8)18-17-29-38(35)41(9,10)39-28-13-11-12-14-33(28)44-40(29)39/h11-25,34,36-37H,1-10H3/q+1. The van der Waals surface area contributed by atoms with Crippen molar-refractivity contribution in [2.24, 2.45) is 35.5 Å². The van der Waals surface area contributed by atoms with Gasteiger partial charge in [-0.05, 0) is 58.9 Å². The number of para-hydroxylation sites is 1. The van der Waals surface area contributed by atoms with Crippen LogP contribution in [0, 0.1) is 35.5 Å². The van der Waals surface area contributed by atoms with Gasteiger partial charge in [0.25, 0.3) is 0 Å². The molecule has 1 aliphatic heterocycles. The molecule has 0 amide bonds. The average molecular weight is 583 g/mol. The van der Waals surface area contributed by atoms with Crippen molar-refractivity contribution in [3.63, 3.8) is 0 Å². The normalized spacial score (nSPS) is 24.5. The fourth-order valence-corrected chi connectivity index (χ4v) is 10.7. The van der Waals surface area contributed by atoms with Crippen LogP contribution in [0.1, 0.15) is 97.4 Å². The molecule has 1 spiro atoms. The minimum absolute atomic E-state index is 0.0856. The van der Waals surface area contributed by atoms with Crippen molar-refractivity contribution >= 4 is 21.9 Å². The Kier molecular flexibility index (Phi) is 5.81. The van der Waals surface area contributed by atoms with E-state index in [1.165, 1.54) is 49.8 Å². The van der Waals surface area contributed by atoms with E-state index >= 15 is 0 Å². The zero-order valence-electron chi connectivity index (χ0n) is 28.2. The third kappa shape index (κ3) is 3.20. The summed E-state index contributed by atoms with van der Waals surface area (Å²) in [5.74, 6) is 5.11. The Labute approximate surface area is 263 Å². The van der Waals surface area contributed by atoms with Crippen LogP contribution in [-0.2, 0) is 11.0 Å². The van der Waals surface area contributed by atoms with E-state index in [9.17, 15) is 0 Å². The molecular weight excluding hydrogens is 534 g/mol. The molecule has 2 nitrogen and oxygen atoms in total. The molecular formula is C42H48NO+. The molecule has 226 valence electrons. The molecule has 3 heterocycles. The summed E-state index contributed by atoms with van der Waals surface area (Å²) in [6.07, 6.45) is 0. The Morgan fingerprint density at radius 3 is 2.09 bits per heavy atom. The highest BCUT2D eigenvalue weighted by Crippen LogP contribution is 2.68. The van der Waals surface area contributed by atoms with E-state index < -0.39 is 0 Å². The average Bonchev–Trinajstić information content (AvgIpc) is 3.56. The number of furan rings is 1. The first-order valence-electron chi connectivity index (χ1n) is 17.1. The molecule has 8 rings (SSSR count). The Hall–Kier alpha value is -3.39. The molecule has 0 radical (unpaired) electrons. The maximum absolute atomic E-state index is 6.68. The molecule has 0 saturated heterocycles. The molecule has 3 aliphatic rings. The highest BCUT2D eigenvalue weighted by molar-refractivity contribution is 5.98. The molecule has 2 aromatic heterocycles. The molecule has 5 aromatic rings. The lowest BCUT2D eigenvalue weighted by atomic mass is 9.41. The van der Waals surface area contributed by atoms with Gasteiger partial charge in [0.2, 0.25) is 16.7 Å². The molecule has 44 heavy (non-hydrogen) atoms. The third-order valence-corrected chi connectivity index (χ3v) is 12.0. The summed E-state index contributed by atoms with van der Waals surface area (Å²) >= 11 is 0. The number of rotatable bonds is 4. The summed E-state index contributed by atoms with van der Waals surface area (Å²) in [4.78, 5) is 0. The van der Waals surface area contributed by atoms with Crippen molar-refractivity contribution in [1.82, 2.24) is 0 Å². The van der Waals surface area contributed by atoms with Crippen LogP contribution in [0.15, 0.2) is 71.1 Å². The zero-order chi connectivity index (χ0) is 31.0. The lowest BCUT2D eigenvalue weighted by Crippen LogP contribution is -2.77. The van der Waals surface area contributed by atoms with E-state index in [4.69, 9.17) is 4.42 Å². The van der Waals surface area contributed by atoms with Crippen molar-refractivity contribution in [2.75, 3.05) is 0 Å². The van der Waals surface area contributed by atoms with E-state index in [0.29, 0.717) is 41.4 Å². The molecule has 0 N–H and O–H groups in total. The molecule has 3 aromatic carbocycles. The van der Waals surface area contributed by atoms with Crippen molar-refractivity contribution in [3.8, 4) is 22.6 Å². The van der Waals surface area contributed by atoms with Crippen LogP contribution in [0.5, 0.6) is 0 Å². The van der Waals surface area contributed by atoms with Gasteiger partial charge in [0.1, 0.15) is 11.3 Å². The number of fused-ring (bicyclic) bond motifs is 13. The van der Waals surface area contributed by atoms with Crippen LogP contribution < -0.4 is 4.57 Å². The topological polar surface area (TPSA) is 17.0 Å². The van der Waals surface area contributed by atoms with Gasteiger partial charge in [0.15, 0.2) is 0 Å². The van der Waals surface area contributed by atoms with E-state index in [1.54, 1.807) is 5.56 Å². The highest BCUT2D eigenvalue weighted by Gasteiger charge is 2.75. The summed E-state index contributed by atoms with van der Waals surface area (Å²) in [5.41, 5.74) is 12.0. The minimum atomic E-state index is -0.176. The first-order valence-corrected chi connectivity index (χ1v) is 17.1. The maximum Gasteiger partial charge on any atom is 0.214 e. The van der Waals surface area contributed by atoms with Gasteiger partial charge >= 0.3 is 0 Å². The summed E-state index contributed by atoms with van der Waals surface area (Å²) in [6, 6.07) is 25.7. The lowest BCUT2D eigenvalue weighted by Gasteiger charge is -2.61. The van der Waals surface area contributed by atoms with Crippen LogP contribution in [0.2, 0.25) is 0 Å². The zero-order valence-corrected chi connectivity index (χ0v) is 28.2. The highest BCUT2D eigenvalue weighted by atomic mass is 16.3. The minimum Gasteiger partial charge on any atom is -0.456 e. The largest absolute Gasteiger partial charge is 0.456 e. The molecule has 1 saturated carbocycles. The van der Waals surface area contributed by atoms with Crippen molar-refractivity contribution in [1.29, 1.82) is 0 Å². The Balaban J connectivity index is 1.51. The Bertz CT molecular complexity index is 1970. The molecule has 2 aliphatic carbocycles. The van der Waals surface area contributed by atoms with Gasteiger partial charge in [0.05, 0.1) is 5.56 Å². The predicted molar refractivity (Wildman–Crippen MR) is 183 cm³/mol. The van der Waals surface area contributed by atoms with E-state index in [2.05, 4.69) is 141 Å². The molecule has 2 atom stereocenters. The molecule has 2 heteroatoms. The summed E-state index contributed by atoms with van der Waals surface area (Å²) in [7, 11) is 0. The monoisotopic (exact) mass is 582 g/mol. The number of pyridine rings is 1. The fourth-order valence-electron chi connectivity index (χ4n) is 10.7. The van der Waals surface area contributed by atoms with Crippen LogP contribution in [0.25, 0.3) is 44.5 Å². The van der Waals surface area contributed by atoms with Gasteiger partial charge in [-0.3, -0.25) is 0 Å². The van der Waals surface area contributed by atoms with Gasteiger partial charge < -0.3 is 4.42 Å². The fraction of sp³-hybridized carbons (Fsp3) is 0.452. The van der Waals surface area contributed by atoms with E-state index in [0.717, 1.165) is 11.3 Å². The number of aromatic nitrogens is 1. The number of hydrogen-bond donors (Lipinski definition) is 0. The van der Waals surface area contributed by atoms with Gasteiger partial charge in [-0.25, -0.2) is 0 Å². The van der Waals surface area contributed by atoms with Gasteiger partial charge in [-0.1, -0.05) is 106 Å². The quantitative estimate of drug-likeness (QED) is 0.193. The summed E-state index contributed by atoms with van der Waals surface area (Å²) < 4.78 is 9.54. The predicted octanol–water partition coefficient (Wildman–Crippen LogP) is 10.9. The SMILES string of the molecule is CC(C)c1ccc2c(ccc3[n+]2C2(c4ccc5c(c4-3)C(C)(C)c3c-5oc4ccccc34)C(C(C)C)C(C(C)C)C2C(C)C)c1. The Morgan fingerprint density at radius 1 is 0.727 bits per heavy atom. The second kappa shape index (κ2) is 9.09. The smallest absolute Gasteiger partial charge is 0.214 e. The first-order chi connectivity index (χ1) is 20.9. The van der Waals surface area contributed by atoms with Crippen LogP contribution in [0.3, 0.4) is 0 Å². The Morgan fingerprint density at radius 2 is 1.43 bits per heavy atom. The van der Waals surface area contributed by atoms with Crippen molar-refractivity contribution in [2.45, 2.75) is 86.1 Å². The van der Waals surface area contributed by atoms with Gasteiger partial charge in [0, 0.05) is 56.8 Å². The third-order valence-electron chi connectivity index (χ3n) is 12.0. The van der Waals surface area contributed by atoms with Crippen LogP contribution in [0.4, 0.5) is 0 Å². The number of nitrogens with zero attached hydrogens (tertiary/aromatic N) is 1. The van der Waals surface area contributed by atoms with Crippen molar-refractivity contribution in [3.05, 3.63) is 89.0 Å². The van der Waals surface area contributed by atoms with E-state index in [1.807, 2.05) is 0 Å². The second-order valence-corrected chi connectivity index (χ2v) is 16.1. The van der Waals surface area contributed by atoms with Crippen LogP contribution in [-0.4, -0.2) is 0 Å². The molecule has 0 bridgehead atoms. The van der Waals surface area contributed by atoms with Gasteiger partial charge in [-0.2, -0.15) is 4.57 Å². The second-order valence-electron chi connectivity index (χ2n) is 16.1. The van der Waals surface area contributed by atoms with Crippen molar-refractivity contribution < 1.29 is 8.98 Å². The number of benzene rings is 3. The summed E-state index contributed by atoms with van der Waals surface area (Å²) in [5, 5.41) is 2.61. The molecule has 2 unspecified atom stereocenters. The van der Waals surface area contributed by atoms with E-state index in [-0.39, 0.29) is 11.0 Å². The first kappa shape index (κ1) is 28.1.